The van der Waals surface area contributed by atoms with Crippen LogP contribution in [0.25, 0.3) is 10.6 Å². The van der Waals surface area contributed by atoms with E-state index in [2.05, 4.69) is 34.9 Å². The molecule has 0 unspecified atom stereocenters. The fraction of sp³-hybridized carbons (Fsp3) is 0.500. The van der Waals surface area contributed by atoms with Gasteiger partial charge in [-0.15, -0.1) is 11.3 Å². The molecule has 2 aliphatic carbocycles. The van der Waals surface area contributed by atoms with Crippen LogP contribution in [-0.4, -0.2) is 70.1 Å². The summed E-state index contributed by atoms with van der Waals surface area (Å²) in [6, 6.07) is 3.44. The number of rotatable bonds is 11. The zero-order valence-corrected chi connectivity index (χ0v) is 23.2. The molecule has 1 aliphatic heterocycles. The van der Waals surface area contributed by atoms with Gasteiger partial charge in [-0.2, -0.15) is 0 Å². The van der Waals surface area contributed by atoms with Gasteiger partial charge in [-0.05, 0) is 57.1 Å². The van der Waals surface area contributed by atoms with E-state index in [4.69, 9.17) is 4.74 Å². The molecule has 0 spiro atoms. The second-order valence-electron chi connectivity index (χ2n) is 10.3. The number of likely N-dealkylation sites (tertiary alicyclic amines) is 1. The third-order valence-electron chi connectivity index (χ3n) is 7.46. The van der Waals surface area contributed by atoms with Crippen molar-refractivity contribution in [1.29, 1.82) is 0 Å². The Bertz CT molecular complexity index is 1460. The van der Waals surface area contributed by atoms with Crippen molar-refractivity contribution < 1.29 is 17.9 Å². The minimum absolute atomic E-state index is 0.298. The Balaban J connectivity index is 1.22. The predicted molar refractivity (Wildman–Crippen MR) is 147 cm³/mol. The smallest absolute Gasteiger partial charge is 0.280 e. The van der Waals surface area contributed by atoms with Gasteiger partial charge in [-0.25, -0.2) is 18.4 Å². The fourth-order valence-electron chi connectivity index (χ4n) is 5.43. The molecule has 4 heterocycles. The lowest BCUT2D eigenvalue weighted by Gasteiger charge is -2.31. The monoisotopic (exact) mass is 569 g/mol. The number of piperidine rings is 1. The van der Waals surface area contributed by atoms with Crippen LogP contribution in [0.1, 0.15) is 60.6 Å². The Labute approximate surface area is 231 Å². The molecule has 2 saturated carbocycles. The van der Waals surface area contributed by atoms with Crippen molar-refractivity contribution in [1.82, 2.24) is 30.2 Å². The van der Waals surface area contributed by atoms with E-state index < -0.39 is 16.1 Å². The van der Waals surface area contributed by atoms with Gasteiger partial charge in [0.15, 0.2) is 5.01 Å². The molecular formula is C26H31N7O4S2. The number of fused-ring (bicyclic) bond motifs is 2. The largest absolute Gasteiger partial charge is 0.477 e. The van der Waals surface area contributed by atoms with E-state index in [0.717, 1.165) is 13.0 Å². The first-order valence-corrected chi connectivity index (χ1v) is 15.7. The average Bonchev–Trinajstić information content (AvgIpc) is 3.34. The van der Waals surface area contributed by atoms with Crippen LogP contribution in [-0.2, 0) is 10.0 Å². The van der Waals surface area contributed by atoms with Crippen molar-refractivity contribution in [2.24, 2.45) is 5.92 Å². The van der Waals surface area contributed by atoms with Crippen molar-refractivity contribution in [3.05, 3.63) is 47.6 Å². The van der Waals surface area contributed by atoms with Gasteiger partial charge in [0.25, 0.3) is 5.91 Å². The first-order valence-electron chi connectivity index (χ1n) is 13.3. The number of aromatic nitrogens is 4. The lowest BCUT2D eigenvalue weighted by molar-refractivity contribution is 0.0915. The molecule has 3 atom stereocenters. The number of anilines is 1. The van der Waals surface area contributed by atoms with Crippen LogP contribution in [0.4, 0.5) is 5.69 Å². The summed E-state index contributed by atoms with van der Waals surface area (Å²) in [5, 5.41) is 3.09. The summed E-state index contributed by atoms with van der Waals surface area (Å²) in [6.07, 6.45) is 11.3. The highest BCUT2D eigenvalue weighted by Crippen LogP contribution is 2.38. The molecule has 2 N–H and O–H groups in total. The van der Waals surface area contributed by atoms with Crippen molar-refractivity contribution in [3.63, 3.8) is 0 Å². The van der Waals surface area contributed by atoms with Gasteiger partial charge in [-0.1, -0.05) is 0 Å². The predicted octanol–water partition coefficient (Wildman–Crippen LogP) is 3.25. The molecule has 3 aromatic heterocycles. The highest BCUT2D eigenvalue weighted by Gasteiger charge is 2.39. The lowest BCUT2D eigenvalue weighted by Crippen LogP contribution is -2.41. The van der Waals surface area contributed by atoms with E-state index in [1.54, 1.807) is 36.9 Å². The molecular weight excluding hydrogens is 538 g/mol. The van der Waals surface area contributed by atoms with Crippen LogP contribution in [0.3, 0.4) is 0 Å². The number of nitrogens with one attached hydrogen (secondary N) is 2. The van der Waals surface area contributed by atoms with Crippen LogP contribution >= 0.6 is 11.3 Å². The Morgan fingerprint density at radius 2 is 2.08 bits per heavy atom. The number of sulfonamides is 1. The number of nitrogens with zero attached hydrogens (tertiary/aromatic N) is 5. The second-order valence-corrected chi connectivity index (χ2v) is 13.3. The van der Waals surface area contributed by atoms with Gasteiger partial charge < -0.3 is 10.1 Å². The maximum atomic E-state index is 13.4. The van der Waals surface area contributed by atoms with Gasteiger partial charge in [0.1, 0.15) is 5.69 Å². The molecule has 11 nitrogen and oxygen atoms in total. The molecule has 3 fully saturated rings. The van der Waals surface area contributed by atoms with Crippen molar-refractivity contribution >= 4 is 33.0 Å². The number of thiazole rings is 1. The summed E-state index contributed by atoms with van der Waals surface area (Å²) in [4.78, 5) is 34.0. The molecule has 0 radical (unpaired) electrons. The first-order chi connectivity index (χ1) is 18.9. The molecule has 6 rings (SSSR count). The molecule has 3 aromatic rings. The van der Waals surface area contributed by atoms with Gasteiger partial charge in [-0.3, -0.25) is 24.4 Å². The van der Waals surface area contributed by atoms with Crippen LogP contribution in [0.15, 0.2) is 36.9 Å². The Hall–Kier alpha value is -3.16. The summed E-state index contributed by atoms with van der Waals surface area (Å²) in [5.74, 6) is 0.795. The summed E-state index contributed by atoms with van der Waals surface area (Å²) in [5.41, 5.74) is 1.65. The van der Waals surface area contributed by atoms with Gasteiger partial charge in [0, 0.05) is 31.5 Å². The summed E-state index contributed by atoms with van der Waals surface area (Å²) in [6.45, 7) is 3.95. The van der Waals surface area contributed by atoms with Crippen LogP contribution in [0.5, 0.6) is 5.88 Å². The van der Waals surface area contributed by atoms with Crippen molar-refractivity contribution in [3.8, 4) is 16.5 Å². The Morgan fingerprint density at radius 1 is 1.21 bits per heavy atom. The molecule has 2 bridgehead atoms. The molecule has 13 heteroatoms. The minimum atomic E-state index is -3.41. The molecule has 1 amide bonds. The van der Waals surface area contributed by atoms with Gasteiger partial charge in [0.05, 0.1) is 46.6 Å². The van der Waals surface area contributed by atoms with Crippen molar-refractivity contribution in [2.45, 2.75) is 56.4 Å². The topological polar surface area (TPSA) is 139 Å². The van der Waals surface area contributed by atoms with E-state index in [1.165, 1.54) is 24.2 Å². The van der Waals surface area contributed by atoms with Crippen LogP contribution in [0.2, 0.25) is 0 Å². The normalized spacial score (nSPS) is 21.6. The van der Waals surface area contributed by atoms with Crippen molar-refractivity contribution in [2.75, 3.05) is 24.4 Å². The molecule has 39 heavy (non-hydrogen) atoms. The third kappa shape index (κ3) is 5.89. The minimum Gasteiger partial charge on any atom is -0.477 e. The molecule has 0 aromatic carbocycles. The van der Waals surface area contributed by atoms with Crippen LogP contribution in [0, 0.1) is 5.92 Å². The zero-order chi connectivity index (χ0) is 27.0. The third-order valence-corrected chi connectivity index (χ3v) is 10.4. The molecule has 3 aliphatic rings. The van der Waals surface area contributed by atoms with E-state index in [9.17, 15) is 13.2 Å². The Kier molecular flexibility index (Phi) is 7.21. The maximum Gasteiger partial charge on any atom is 0.280 e. The second kappa shape index (κ2) is 10.8. The SMILES string of the molecule is CCOc1cncc(-c2cnc(C(=O)N[C@H](CN3C[C@H]4CC[C@@H]3C4)c3cc(NS(=O)(=O)C4CC4)ccn3)s2)n1. The highest BCUT2D eigenvalue weighted by molar-refractivity contribution is 7.93. The average molecular weight is 570 g/mol. The number of ether oxygens (including phenoxy) is 1. The zero-order valence-electron chi connectivity index (χ0n) is 21.6. The first kappa shape index (κ1) is 26.1. The number of hydrogen-bond donors (Lipinski definition) is 2. The standard InChI is InChI=1S/C26H31N7O4S2/c1-2-37-24-13-27-11-21(30-24)23-12-29-26(38-23)25(34)31-22(15-33-14-16-3-4-18(33)9-16)20-10-17(7-8-28-20)32-39(35,36)19-5-6-19/h7-8,10-13,16,18-19,22H,2-6,9,14-15H2,1H3,(H,28,32)(H,31,34)/t16-,18+,22+/m0/s1. The van der Waals surface area contributed by atoms with Gasteiger partial charge in [0.2, 0.25) is 15.9 Å². The van der Waals surface area contributed by atoms with E-state index in [0.29, 0.717) is 70.8 Å². The maximum absolute atomic E-state index is 13.4. The fourth-order valence-corrected chi connectivity index (χ4v) is 7.58. The highest BCUT2D eigenvalue weighted by atomic mass is 32.2. The van der Waals surface area contributed by atoms with E-state index in [-0.39, 0.29) is 11.2 Å². The van der Waals surface area contributed by atoms with Crippen LogP contribution < -0.4 is 14.8 Å². The molecule has 206 valence electrons. The number of hydrogen-bond acceptors (Lipinski definition) is 10. The number of carbonyl (C=O) groups excluding carboxylic acids is 1. The van der Waals surface area contributed by atoms with E-state index >= 15 is 0 Å². The summed E-state index contributed by atoms with van der Waals surface area (Å²) in [7, 11) is -3.41. The Morgan fingerprint density at radius 3 is 2.82 bits per heavy atom. The summed E-state index contributed by atoms with van der Waals surface area (Å²) >= 11 is 1.23. The number of amides is 1. The number of pyridine rings is 1. The quantitative estimate of drug-likeness (QED) is 0.356. The van der Waals surface area contributed by atoms with E-state index in [1.807, 2.05) is 6.92 Å². The number of carbonyl (C=O) groups is 1. The molecule has 1 saturated heterocycles. The lowest BCUT2D eigenvalue weighted by atomic mass is 10.1. The van der Waals surface area contributed by atoms with Gasteiger partial charge >= 0.3 is 0 Å². The summed E-state index contributed by atoms with van der Waals surface area (Å²) < 4.78 is 33.2.